The number of nitrogens with two attached hydrogens (primary N) is 1. The van der Waals surface area contributed by atoms with Crippen LogP contribution < -0.4 is 11.1 Å². The normalized spacial score (nSPS) is 28.6. The van der Waals surface area contributed by atoms with Gasteiger partial charge in [-0.1, -0.05) is 30.3 Å². The van der Waals surface area contributed by atoms with Crippen molar-refractivity contribution in [2.24, 2.45) is 17.6 Å². The van der Waals surface area contributed by atoms with Crippen molar-refractivity contribution in [3.05, 3.63) is 35.9 Å². The SMILES string of the molecule is CCN(C(=O)C(C)NC(=O)CN)[C@H]1C2CCC(C2)C1c1ccccc1. The number of benzene rings is 1. The number of rotatable bonds is 6. The molecule has 5 heteroatoms. The van der Waals surface area contributed by atoms with Crippen LogP contribution in [0.4, 0.5) is 0 Å². The maximum Gasteiger partial charge on any atom is 0.245 e. The first-order chi connectivity index (χ1) is 12.1. The number of nitrogens with one attached hydrogen (secondary N) is 1. The van der Waals surface area contributed by atoms with E-state index in [9.17, 15) is 9.59 Å². The van der Waals surface area contributed by atoms with Crippen molar-refractivity contribution >= 4 is 11.8 Å². The van der Waals surface area contributed by atoms with E-state index in [0.29, 0.717) is 24.3 Å². The number of hydrogen-bond donors (Lipinski definition) is 2. The lowest BCUT2D eigenvalue weighted by Gasteiger charge is -2.40. The molecule has 5 nitrogen and oxygen atoms in total. The first kappa shape index (κ1) is 17.9. The third-order valence-electron chi connectivity index (χ3n) is 5.97. The topological polar surface area (TPSA) is 75.4 Å². The van der Waals surface area contributed by atoms with Gasteiger partial charge in [-0.15, -0.1) is 0 Å². The Morgan fingerprint density at radius 2 is 1.92 bits per heavy atom. The fourth-order valence-corrected chi connectivity index (χ4v) is 4.98. The Kier molecular flexibility index (Phi) is 5.42. The Bertz CT molecular complexity index is 619. The smallest absolute Gasteiger partial charge is 0.245 e. The molecule has 2 fully saturated rings. The first-order valence-corrected chi connectivity index (χ1v) is 9.41. The fourth-order valence-electron chi connectivity index (χ4n) is 4.98. The lowest BCUT2D eigenvalue weighted by molar-refractivity contribution is -0.139. The predicted octanol–water partition coefficient (Wildman–Crippen LogP) is 1.88. The summed E-state index contributed by atoms with van der Waals surface area (Å²) < 4.78 is 0. The monoisotopic (exact) mass is 343 g/mol. The quantitative estimate of drug-likeness (QED) is 0.828. The zero-order valence-electron chi connectivity index (χ0n) is 15.2. The van der Waals surface area contributed by atoms with Crippen LogP contribution in [0.1, 0.15) is 44.6 Å². The average molecular weight is 343 g/mol. The van der Waals surface area contributed by atoms with Crippen LogP contribution in [0, 0.1) is 11.8 Å². The van der Waals surface area contributed by atoms with E-state index in [2.05, 4.69) is 29.6 Å². The van der Waals surface area contributed by atoms with Crippen molar-refractivity contribution in [2.75, 3.05) is 13.1 Å². The van der Waals surface area contributed by atoms with Gasteiger partial charge in [-0.2, -0.15) is 0 Å². The zero-order chi connectivity index (χ0) is 18.0. The second kappa shape index (κ2) is 7.56. The van der Waals surface area contributed by atoms with Crippen LogP contribution in [0.25, 0.3) is 0 Å². The maximum absolute atomic E-state index is 13.0. The van der Waals surface area contributed by atoms with E-state index in [1.165, 1.54) is 24.8 Å². The van der Waals surface area contributed by atoms with Gasteiger partial charge in [0.25, 0.3) is 0 Å². The van der Waals surface area contributed by atoms with E-state index in [4.69, 9.17) is 5.73 Å². The second-order valence-corrected chi connectivity index (χ2v) is 7.38. The van der Waals surface area contributed by atoms with E-state index in [1.807, 2.05) is 17.9 Å². The molecule has 0 aliphatic heterocycles. The van der Waals surface area contributed by atoms with E-state index >= 15 is 0 Å². The Labute approximate surface area is 150 Å². The molecular formula is C20H29N3O2. The third kappa shape index (κ3) is 3.43. The van der Waals surface area contributed by atoms with Crippen molar-refractivity contribution in [3.8, 4) is 0 Å². The predicted molar refractivity (Wildman–Crippen MR) is 97.8 cm³/mol. The second-order valence-electron chi connectivity index (χ2n) is 7.38. The van der Waals surface area contributed by atoms with Gasteiger partial charge >= 0.3 is 0 Å². The summed E-state index contributed by atoms with van der Waals surface area (Å²) in [6, 6.07) is 10.3. The number of hydrogen-bond acceptors (Lipinski definition) is 3. The highest BCUT2D eigenvalue weighted by molar-refractivity contribution is 5.88. The molecule has 136 valence electrons. The van der Waals surface area contributed by atoms with Crippen LogP contribution in [0.5, 0.6) is 0 Å². The number of nitrogens with zero attached hydrogens (tertiary/aromatic N) is 1. The Morgan fingerprint density at radius 1 is 1.24 bits per heavy atom. The summed E-state index contributed by atoms with van der Waals surface area (Å²) in [6.45, 7) is 4.36. The molecule has 4 unspecified atom stereocenters. The van der Waals surface area contributed by atoms with Gasteiger partial charge in [0.15, 0.2) is 0 Å². The molecule has 2 aliphatic rings. The summed E-state index contributed by atoms with van der Waals surface area (Å²) in [7, 11) is 0. The summed E-state index contributed by atoms with van der Waals surface area (Å²) in [5, 5.41) is 2.71. The Balaban J connectivity index is 1.83. The Morgan fingerprint density at radius 3 is 2.56 bits per heavy atom. The number of fused-ring (bicyclic) bond motifs is 2. The van der Waals surface area contributed by atoms with Crippen LogP contribution in [-0.2, 0) is 9.59 Å². The number of likely N-dealkylation sites (N-methyl/N-ethyl adjacent to an activating group) is 1. The molecule has 2 aliphatic carbocycles. The number of carbonyl (C=O) groups is 2. The van der Waals surface area contributed by atoms with Gasteiger partial charge < -0.3 is 16.0 Å². The number of carbonyl (C=O) groups excluding carboxylic acids is 2. The number of amides is 2. The van der Waals surface area contributed by atoms with Crippen molar-refractivity contribution in [3.63, 3.8) is 0 Å². The van der Waals surface area contributed by atoms with E-state index in [0.717, 1.165) is 0 Å². The highest BCUT2D eigenvalue weighted by atomic mass is 16.2. The minimum absolute atomic E-state index is 0.00258. The molecule has 3 N–H and O–H groups in total. The van der Waals surface area contributed by atoms with E-state index < -0.39 is 6.04 Å². The van der Waals surface area contributed by atoms with Crippen LogP contribution in [0.15, 0.2) is 30.3 Å². The largest absolute Gasteiger partial charge is 0.343 e. The molecule has 2 amide bonds. The van der Waals surface area contributed by atoms with Crippen LogP contribution in [-0.4, -0.2) is 41.9 Å². The van der Waals surface area contributed by atoms with E-state index in [-0.39, 0.29) is 24.4 Å². The van der Waals surface area contributed by atoms with Gasteiger partial charge in [-0.25, -0.2) is 0 Å². The maximum atomic E-state index is 13.0. The van der Waals surface area contributed by atoms with Crippen molar-refractivity contribution in [1.82, 2.24) is 10.2 Å². The van der Waals surface area contributed by atoms with Crippen molar-refractivity contribution in [1.29, 1.82) is 0 Å². The van der Waals surface area contributed by atoms with Gasteiger partial charge in [-0.3, -0.25) is 9.59 Å². The van der Waals surface area contributed by atoms with Crippen molar-refractivity contribution in [2.45, 2.75) is 51.1 Å². The molecule has 2 saturated carbocycles. The lowest BCUT2D eigenvalue weighted by atomic mass is 9.79. The average Bonchev–Trinajstić information content (AvgIpc) is 3.24. The van der Waals surface area contributed by atoms with Gasteiger partial charge in [0.05, 0.1) is 6.54 Å². The highest BCUT2D eigenvalue weighted by Gasteiger charge is 2.51. The van der Waals surface area contributed by atoms with Gasteiger partial charge in [0, 0.05) is 18.5 Å². The molecule has 25 heavy (non-hydrogen) atoms. The fraction of sp³-hybridized carbons (Fsp3) is 0.600. The lowest BCUT2D eigenvalue weighted by Crippen LogP contribution is -2.54. The molecule has 0 saturated heterocycles. The molecule has 0 radical (unpaired) electrons. The summed E-state index contributed by atoms with van der Waals surface area (Å²) in [6.07, 6.45) is 3.66. The molecule has 1 aromatic rings. The molecule has 0 spiro atoms. The summed E-state index contributed by atoms with van der Waals surface area (Å²) in [5.74, 6) is 1.35. The third-order valence-corrected chi connectivity index (χ3v) is 5.97. The summed E-state index contributed by atoms with van der Waals surface area (Å²) in [5.41, 5.74) is 6.70. The highest BCUT2D eigenvalue weighted by Crippen LogP contribution is 2.54. The molecule has 5 atom stereocenters. The molecule has 3 rings (SSSR count). The summed E-state index contributed by atoms with van der Waals surface area (Å²) in [4.78, 5) is 26.6. The van der Waals surface area contributed by atoms with Gasteiger partial charge in [0.2, 0.25) is 11.8 Å². The minimum atomic E-state index is -0.536. The Hall–Kier alpha value is -1.88. The molecule has 2 bridgehead atoms. The van der Waals surface area contributed by atoms with Crippen molar-refractivity contribution < 1.29 is 9.59 Å². The molecule has 0 heterocycles. The van der Waals surface area contributed by atoms with Crippen LogP contribution in [0.3, 0.4) is 0 Å². The molecular weight excluding hydrogens is 314 g/mol. The zero-order valence-corrected chi connectivity index (χ0v) is 15.2. The molecule has 1 aromatic carbocycles. The van der Waals surface area contributed by atoms with Gasteiger partial charge in [0.1, 0.15) is 6.04 Å². The standard InChI is InChI=1S/C20H29N3O2/c1-3-23(20(25)13(2)22-17(24)12-21)19-16-10-9-15(11-16)18(19)14-7-5-4-6-8-14/h4-8,13,15-16,18-19H,3,9-12,21H2,1-2H3,(H,22,24)/t13?,15?,16?,18?,19-/m0/s1. The minimum Gasteiger partial charge on any atom is -0.343 e. The molecule has 0 aromatic heterocycles. The van der Waals surface area contributed by atoms with E-state index in [1.54, 1.807) is 6.92 Å². The van der Waals surface area contributed by atoms with Crippen LogP contribution in [0.2, 0.25) is 0 Å². The van der Waals surface area contributed by atoms with Gasteiger partial charge in [-0.05, 0) is 50.5 Å². The first-order valence-electron chi connectivity index (χ1n) is 9.41. The van der Waals surface area contributed by atoms with Crippen LogP contribution >= 0.6 is 0 Å². The summed E-state index contributed by atoms with van der Waals surface area (Å²) >= 11 is 0.